The highest BCUT2D eigenvalue weighted by Gasteiger charge is 2.43. The number of halogens is 1. The number of nitrogens with zero attached hydrogens (tertiary/aromatic N) is 3. The average molecular weight is 347 g/mol. The first-order chi connectivity index (χ1) is 8.15. The maximum atomic E-state index is 11.2. The molecule has 1 aromatic heterocycles. The Morgan fingerprint density at radius 2 is 2.00 bits per heavy atom. The molecule has 3 atom stereocenters. The second-order valence-corrected chi connectivity index (χ2v) is 6.08. The largest absolute Gasteiger partial charge is 0.465 e. The molecule has 1 N–H and O–H groups in total. The van der Waals surface area contributed by atoms with Crippen molar-refractivity contribution in [3.8, 4) is 0 Å². The Morgan fingerprint density at radius 3 is 2.47 bits per heavy atom. The first-order valence-corrected chi connectivity index (χ1v) is 6.94. The highest BCUT2D eigenvalue weighted by atomic mass is 127. The Kier molecular flexibility index (Phi) is 2.76. The molecule has 3 rings (SSSR count). The molecule has 0 aliphatic carbocycles. The molecule has 0 radical (unpaired) electrons. The molecule has 5 nitrogen and oxygen atoms in total. The zero-order valence-corrected chi connectivity index (χ0v) is 11.4. The lowest BCUT2D eigenvalue weighted by Gasteiger charge is -2.37. The monoisotopic (exact) mass is 347 g/mol. The number of rotatable bonds is 1. The van der Waals surface area contributed by atoms with Gasteiger partial charge in [-0.3, -0.25) is 4.68 Å². The van der Waals surface area contributed by atoms with E-state index < -0.39 is 6.09 Å². The topological polar surface area (TPSA) is 58.4 Å². The molecule has 2 aliphatic heterocycles. The van der Waals surface area contributed by atoms with E-state index in [9.17, 15) is 9.90 Å². The maximum absolute atomic E-state index is 11.2. The van der Waals surface area contributed by atoms with Crippen LogP contribution in [0.1, 0.15) is 31.7 Å². The number of amides is 1. The van der Waals surface area contributed by atoms with Crippen LogP contribution in [0.5, 0.6) is 0 Å². The summed E-state index contributed by atoms with van der Waals surface area (Å²) in [6.45, 7) is 0. The molecule has 0 unspecified atom stereocenters. The van der Waals surface area contributed by atoms with Crippen LogP contribution in [0.2, 0.25) is 0 Å². The van der Waals surface area contributed by atoms with Crippen LogP contribution in [0, 0.1) is 3.57 Å². The number of hydrogen-bond donors (Lipinski definition) is 1. The van der Waals surface area contributed by atoms with Crippen molar-refractivity contribution in [1.29, 1.82) is 0 Å². The standard InChI is InChI=1S/C11H14IN3O2/c12-7-5-13-14(6-7)10-3-8-1-2-9(4-10)15(8)11(16)17/h5-6,8-10H,1-4H2,(H,16,17)/t8-,9+,10-. The summed E-state index contributed by atoms with van der Waals surface area (Å²) < 4.78 is 3.14. The molecule has 2 saturated heterocycles. The number of piperidine rings is 1. The average Bonchev–Trinajstić information content (AvgIpc) is 2.81. The fourth-order valence-electron chi connectivity index (χ4n) is 3.19. The van der Waals surface area contributed by atoms with Gasteiger partial charge in [-0.1, -0.05) is 0 Å². The molecule has 1 aromatic rings. The van der Waals surface area contributed by atoms with Crippen molar-refractivity contribution in [3.63, 3.8) is 0 Å². The molecule has 92 valence electrons. The third-order valence-corrected chi connectivity index (χ3v) is 4.43. The van der Waals surface area contributed by atoms with Crippen LogP contribution in [-0.4, -0.2) is 38.0 Å². The molecule has 17 heavy (non-hydrogen) atoms. The number of hydrogen-bond acceptors (Lipinski definition) is 2. The van der Waals surface area contributed by atoms with Crippen LogP contribution < -0.4 is 0 Å². The normalized spacial score (nSPS) is 31.8. The Bertz CT molecular complexity index is 434. The summed E-state index contributed by atoms with van der Waals surface area (Å²) in [4.78, 5) is 12.8. The summed E-state index contributed by atoms with van der Waals surface area (Å²) in [6, 6.07) is 0.753. The number of fused-ring (bicyclic) bond motifs is 2. The molecule has 0 aromatic carbocycles. The summed E-state index contributed by atoms with van der Waals surface area (Å²) >= 11 is 2.25. The Labute approximate surface area is 113 Å². The van der Waals surface area contributed by atoms with E-state index in [1.165, 1.54) is 0 Å². The number of carboxylic acid groups (broad SMARTS) is 1. The molecule has 2 bridgehead atoms. The zero-order valence-electron chi connectivity index (χ0n) is 9.29. The fraction of sp³-hybridized carbons (Fsp3) is 0.636. The maximum Gasteiger partial charge on any atom is 0.407 e. The van der Waals surface area contributed by atoms with Crippen LogP contribution >= 0.6 is 22.6 Å². The SMILES string of the molecule is O=C(O)N1[C@@H]2CC[C@H]1C[C@H](n1cc(I)cn1)C2. The van der Waals surface area contributed by atoms with Gasteiger partial charge in [0.15, 0.2) is 0 Å². The van der Waals surface area contributed by atoms with Gasteiger partial charge < -0.3 is 10.0 Å². The summed E-state index contributed by atoms with van der Waals surface area (Å²) in [5.74, 6) is 0. The quantitative estimate of drug-likeness (QED) is 0.794. The molecule has 6 heteroatoms. The van der Waals surface area contributed by atoms with Crippen molar-refractivity contribution >= 4 is 28.7 Å². The summed E-state index contributed by atoms with van der Waals surface area (Å²) in [5, 5.41) is 13.5. The lowest BCUT2D eigenvalue weighted by atomic mass is 9.98. The predicted octanol–water partition coefficient (Wildman–Crippen LogP) is 2.33. The van der Waals surface area contributed by atoms with E-state index in [1.54, 1.807) is 4.90 Å². The van der Waals surface area contributed by atoms with Gasteiger partial charge in [-0.15, -0.1) is 0 Å². The van der Waals surface area contributed by atoms with E-state index in [1.807, 2.05) is 17.1 Å². The van der Waals surface area contributed by atoms with E-state index in [4.69, 9.17) is 0 Å². The molecular weight excluding hydrogens is 333 g/mol. The van der Waals surface area contributed by atoms with Gasteiger partial charge in [0.1, 0.15) is 0 Å². The van der Waals surface area contributed by atoms with Gasteiger partial charge in [-0.05, 0) is 48.3 Å². The lowest BCUT2D eigenvalue weighted by molar-refractivity contribution is 0.0845. The van der Waals surface area contributed by atoms with E-state index in [2.05, 4.69) is 27.7 Å². The third-order valence-electron chi connectivity index (χ3n) is 3.87. The van der Waals surface area contributed by atoms with Crippen LogP contribution in [0.15, 0.2) is 12.4 Å². The molecule has 2 fully saturated rings. The first-order valence-electron chi connectivity index (χ1n) is 5.86. The van der Waals surface area contributed by atoms with Crippen LogP contribution in [0.3, 0.4) is 0 Å². The highest BCUT2D eigenvalue weighted by molar-refractivity contribution is 14.1. The van der Waals surface area contributed by atoms with Crippen LogP contribution in [0.25, 0.3) is 0 Å². The van der Waals surface area contributed by atoms with Crippen molar-refractivity contribution in [1.82, 2.24) is 14.7 Å². The number of carbonyl (C=O) groups is 1. The van der Waals surface area contributed by atoms with Crippen molar-refractivity contribution in [2.75, 3.05) is 0 Å². The second-order valence-electron chi connectivity index (χ2n) is 4.84. The van der Waals surface area contributed by atoms with Gasteiger partial charge >= 0.3 is 6.09 Å². The molecular formula is C11H14IN3O2. The molecule has 0 spiro atoms. The Balaban J connectivity index is 1.80. The zero-order chi connectivity index (χ0) is 12.0. The smallest absolute Gasteiger partial charge is 0.407 e. The molecule has 3 heterocycles. The minimum atomic E-state index is -0.758. The highest BCUT2D eigenvalue weighted by Crippen LogP contribution is 2.40. The van der Waals surface area contributed by atoms with Gasteiger partial charge in [0, 0.05) is 18.3 Å². The summed E-state index contributed by atoms with van der Waals surface area (Å²) in [7, 11) is 0. The van der Waals surface area contributed by atoms with E-state index in [-0.39, 0.29) is 12.1 Å². The Morgan fingerprint density at radius 1 is 1.35 bits per heavy atom. The minimum absolute atomic E-state index is 0.193. The predicted molar refractivity (Wildman–Crippen MR) is 69.9 cm³/mol. The van der Waals surface area contributed by atoms with Crippen molar-refractivity contribution in [2.45, 2.75) is 43.8 Å². The van der Waals surface area contributed by atoms with E-state index in [0.717, 1.165) is 29.3 Å². The Hall–Kier alpha value is -0.790. The van der Waals surface area contributed by atoms with Gasteiger partial charge in [0.2, 0.25) is 0 Å². The van der Waals surface area contributed by atoms with Crippen molar-refractivity contribution < 1.29 is 9.90 Å². The van der Waals surface area contributed by atoms with Gasteiger partial charge in [0.05, 0.1) is 15.8 Å². The van der Waals surface area contributed by atoms with Crippen LogP contribution in [-0.2, 0) is 0 Å². The van der Waals surface area contributed by atoms with Gasteiger partial charge in [-0.25, -0.2) is 4.79 Å². The van der Waals surface area contributed by atoms with E-state index >= 15 is 0 Å². The molecule has 0 saturated carbocycles. The van der Waals surface area contributed by atoms with Crippen LogP contribution in [0.4, 0.5) is 4.79 Å². The molecule has 1 amide bonds. The van der Waals surface area contributed by atoms with Gasteiger partial charge in [-0.2, -0.15) is 5.10 Å². The fourth-order valence-corrected chi connectivity index (χ4v) is 3.60. The lowest BCUT2D eigenvalue weighted by Crippen LogP contribution is -2.46. The van der Waals surface area contributed by atoms with Gasteiger partial charge in [0.25, 0.3) is 0 Å². The van der Waals surface area contributed by atoms with E-state index in [0.29, 0.717) is 6.04 Å². The summed E-state index contributed by atoms with van der Waals surface area (Å²) in [6.07, 6.45) is 6.96. The minimum Gasteiger partial charge on any atom is -0.465 e. The van der Waals surface area contributed by atoms with Crippen molar-refractivity contribution in [2.24, 2.45) is 0 Å². The third kappa shape index (κ3) is 1.92. The second kappa shape index (κ2) is 4.15. The van der Waals surface area contributed by atoms with Crippen molar-refractivity contribution in [3.05, 3.63) is 16.0 Å². The summed E-state index contributed by atoms with van der Waals surface area (Å²) in [5.41, 5.74) is 0. The first kappa shape index (κ1) is 11.3. The number of aromatic nitrogens is 2. The molecule has 2 aliphatic rings.